The first-order chi connectivity index (χ1) is 12.1. The molecule has 3 heterocycles. The van der Waals surface area contributed by atoms with Crippen LogP contribution in [0.15, 0.2) is 36.7 Å². The van der Waals surface area contributed by atoms with Crippen LogP contribution in [0.5, 0.6) is 0 Å². The molecule has 0 radical (unpaired) electrons. The van der Waals surface area contributed by atoms with Gasteiger partial charge in [-0.3, -0.25) is 0 Å². The molecule has 1 N–H and O–H groups in total. The average molecular weight is 335 g/mol. The van der Waals surface area contributed by atoms with Gasteiger partial charge in [-0.1, -0.05) is 18.2 Å². The molecule has 128 valence electrons. The third kappa shape index (κ3) is 2.62. The Labute approximate surface area is 145 Å². The van der Waals surface area contributed by atoms with Crippen molar-refractivity contribution in [1.29, 1.82) is 0 Å². The first-order valence-corrected chi connectivity index (χ1v) is 8.19. The number of anilines is 1. The van der Waals surface area contributed by atoms with Crippen LogP contribution in [-0.2, 0) is 13.6 Å². The number of fused-ring (bicyclic) bond motifs is 3. The van der Waals surface area contributed by atoms with Gasteiger partial charge in [-0.2, -0.15) is 9.61 Å². The van der Waals surface area contributed by atoms with Gasteiger partial charge in [-0.15, -0.1) is 0 Å². The summed E-state index contributed by atoms with van der Waals surface area (Å²) in [5.74, 6) is 0.760. The van der Waals surface area contributed by atoms with E-state index in [4.69, 9.17) is 5.10 Å². The maximum atomic E-state index is 4.79. The molecule has 0 atom stereocenters. The molecule has 0 amide bonds. The minimum atomic E-state index is 0.760. The molecule has 0 aliphatic rings. The SMILES string of the molecule is CNc1nc2cc(-c3cccc(CN(C)C)c3)nn2c2c1ncn2C. The second-order valence-electron chi connectivity index (χ2n) is 6.48. The summed E-state index contributed by atoms with van der Waals surface area (Å²) in [6, 6.07) is 10.5. The number of nitrogens with one attached hydrogen (secondary N) is 1. The van der Waals surface area contributed by atoms with E-state index < -0.39 is 0 Å². The monoisotopic (exact) mass is 335 g/mol. The highest BCUT2D eigenvalue weighted by molar-refractivity contribution is 5.86. The van der Waals surface area contributed by atoms with Gasteiger partial charge in [0.1, 0.15) is 0 Å². The van der Waals surface area contributed by atoms with E-state index in [1.165, 1.54) is 5.56 Å². The van der Waals surface area contributed by atoms with Crippen LogP contribution in [0.2, 0.25) is 0 Å². The van der Waals surface area contributed by atoms with Crippen molar-refractivity contribution >= 4 is 22.6 Å². The molecule has 0 bridgehead atoms. The molecular formula is C18H21N7. The van der Waals surface area contributed by atoms with Gasteiger partial charge < -0.3 is 14.8 Å². The van der Waals surface area contributed by atoms with Gasteiger partial charge in [-0.25, -0.2) is 9.97 Å². The molecule has 4 aromatic rings. The Hall–Kier alpha value is -2.93. The molecular weight excluding hydrogens is 314 g/mol. The summed E-state index contributed by atoms with van der Waals surface area (Å²) in [7, 11) is 7.96. The Morgan fingerprint density at radius 3 is 2.80 bits per heavy atom. The predicted octanol–water partition coefficient (Wildman–Crippen LogP) is 2.39. The van der Waals surface area contributed by atoms with Crippen LogP contribution in [0.25, 0.3) is 28.1 Å². The Morgan fingerprint density at radius 2 is 2.04 bits per heavy atom. The lowest BCUT2D eigenvalue weighted by Gasteiger charge is -2.10. The lowest BCUT2D eigenvalue weighted by Crippen LogP contribution is -2.10. The highest BCUT2D eigenvalue weighted by Gasteiger charge is 2.15. The van der Waals surface area contributed by atoms with Crippen molar-refractivity contribution < 1.29 is 0 Å². The Balaban J connectivity index is 1.90. The molecule has 0 unspecified atom stereocenters. The maximum absolute atomic E-state index is 4.79. The summed E-state index contributed by atoms with van der Waals surface area (Å²) in [4.78, 5) is 11.3. The second kappa shape index (κ2) is 5.86. The van der Waals surface area contributed by atoms with E-state index in [-0.39, 0.29) is 0 Å². The van der Waals surface area contributed by atoms with Gasteiger partial charge in [0.2, 0.25) is 0 Å². The summed E-state index contributed by atoms with van der Waals surface area (Å²) < 4.78 is 3.82. The van der Waals surface area contributed by atoms with Gasteiger partial charge in [0.25, 0.3) is 0 Å². The first-order valence-electron chi connectivity index (χ1n) is 8.19. The van der Waals surface area contributed by atoms with E-state index in [1.807, 2.05) is 29.2 Å². The van der Waals surface area contributed by atoms with Crippen molar-refractivity contribution in [1.82, 2.24) is 29.0 Å². The topological polar surface area (TPSA) is 63.3 Å². The number of aryl methyl sites for hydroxylation is 1. The standard InChI is InChI=1S/C18H21N7/c1-19-17-16-18(24(4)11-20-16)25-15(21-17)9-14(22-25)13-7-5-6-12(8-13)10-23(2)3/h5-9,11H,10H2,1-4H3,(H,19,21). The number of benzene rings is 1. The number of nitrogens with zero attached hydrogens (tertiary/aromatic N) is 6. The zero-order valence-electron chi connectivity index (χ0n) is 14.9. The van der Waals surface area contributed by atoms with Gasteiger partial charge >= 0.3 is 0 Å². The molecule has 0 spiro atoms. The van der Waals surface area contributed by atoms with E-state index >= 15 is 0 Å². The van der Waals surface area contributed by atoms with Crippen molar-refractivity contribution in [2.45, 2.75) is 6.54 Å². The minimum Gasteiger partial charge on any atom is -0.371 e. The lowest BCUT2D eigenvalue weighted by atomic mass is 10.1. The Bertz CT molecular complexity index is 1060. The van der Waals surface area contributed by atoms with E-state index in [1.54, 1.807) is 6.33 Å². The normalized spacial score (nSPS) is 11.7. The van der Waals surface area contributed by atoms with Crippen molar-refractivity contribution in [3.05, 3.63) is 42.2 Å². The van der Waals surface area contributed by atoms with E-state index in [0.717, 1.165) is 40.4 Å². The quantitative estimate of drug-likeness (QED) is 0.620. The third-order valence-electron chi connectivity index (χ3n) is 4.21. The Morgan fingerprint density at radius 1 is 1.20 bits per heavy atom. The molecule has 7 nitrogen and oxygen atoms in total. The van der Waals surface area contributed by atoms with Crippen LogP contribution >= 0.6 is 0 Å². The van der Waals surface area contributed by atoms with Crippen LogP contribution in [0.4, 0.5) is 5.82 Å². The summed E-state index contributed by atoms with van der Waals surface area (Å²) in [5.41, 5.74) is 5.79. The van der Waals surface area contributed by atoms with Crippen molar-refractivity contribution in [2.24, 2.45) is 7.05 Å². The maximum Gasteiger partial charge on any atom is 0.167 e. The molecule has 0 aliphatic carbocycles. The number of hydrogen-bond acceptors (Lipinski definition) is 5. The summed E-state index contributed by atoms with van der Waals surface area (Å²) in [6.07, 6.45) is 1.78. The zero-order chi connectivity index (χ0) is 17.6. The fourth-order valence-electron chi connectivity index (χ4n) is 3.12. The summed E-state index contributed by atoms with van der Waals surface area (Å²) >= 11 is 0. The molecule has 25 heavy (non-hydrogen) atoms. The van der Waals surface area contributed by atoms with Crippen LogP contribution in [0.3, 0.4) is 0 Å². The number of imidazole rings is 1. The first kappa shape index (κ1) is 15.6. The highest BCUT2D eigenvalue weighted by atomic mass is 15.3. The fraction of sp³-hybridized carbons (Fsp3) is 0.278. The highest BCUT2D eigenvalue weighted by Crippen LogP contribution is 2.25. The summed E-state index contributed by atoms with van der Waals surface area (Å²) in [5, 5.41) is 7.91. The van der Waals surface area contributed by atoms with E-state index in [9.17, 15) is 0 Å². The molecule has 0 aliphatic heterocycles. The molecule has 7 heteroatoms. The molecule has 4 rings (SSSR count). The van der Waals surface area contributed by atoms with E-state index in [0.29, 0.717) is 0 Å². The lowest BCUT2D eigenvalue weighted by molar-refractivity contribution is 0.402. The van der Waals surface area contributed by atoms with Crippen molar-refractivity contribution in [3.8, 4) is 11.3 Å². The molecule has 3 aromatic heterocycles. The number of aromatic nitrogens is 5. The number of hydrogen-bond donors (Lipinski definition) is 1. The largest absolute Gasteiger partial charge is 0.371 e. The van der Waals surface area contributed by atoms with Crippen LogP contribution in [-0.4, -0.2) is 50.2 Å². The predicted molar refractivity (Wildman–Crippen MR) is 99.6 cm³/mol. The summed E-state index contributed by atoms with van der Waals surface area (Å²) in [6.45, 7) is 0.898. The molecule has 0 saturated carbocycles. The molecule has 0 saturated heterocycles. The van der Waals surface area contributed by atoms with Gasteiger partial charge in [0, 0.05) is 32.3 Å². The van der Waals surface area contributed by atoms with Crippen molar-refractivity contribution in [3.63, 3.8) is 0 Å². The Kier molecular flexibility index (Phi) is 3.65. The van der Waals surface area contributed by atoms with Crippen molar-refractivity contribution in [2.75, 3.05) is 26.5 Å². The third-order valence-corrected chi connectivity index (χ3v) is 4.21. The molecule has 1 aromatic carbocycles. The van der Waals surface area contributed by atoms with Crippen LogP contribution in [0.1, 0.15) is 5.56 Å². The van der Waals surface area contributed by atoms with Crippen LogP contribution in [0, 0.1) is 0 Å². The van der Waals surface area contributed by atoms with Gasteiger partial charge in [0.05, 0.1) is 12.0 Å². The second-order valence-corrected chi connectivity index (χ2v) is 6.48. The van der Waals surface area contributed by atoms with Crippen LogP contribution < -0.4 is 5.32 Å². The number of rotatable bonds is 4. The van der Waals surface area contributed by atoms with E-state index in [2.05, 4.69) is 58.5 Å². The minimum absolute atomic E-state index is 0.760. The smallest absolute Gasteiger partial charge is 0.167 e. The average Bonchev–Trinajstić information content (AvgIpc) is 3.17. The zero-order valence-corrected chi connectivity index (χ0v) is 14.9. The molecule has 0 fully saturated rings. The van der Waals surface area contributed by atoms with Gasteiger partial charge in [0.15, 0.2) is 22.6 Å². The fourth-order valence-corrected chi connectivity index (χ4v) is 3.12. The van der Waals surface area contributed by atoms with Gasteiger partial charge in [-0.05, 0) is 25.7 Å².